The van der Waals surface area contributed by atoms with Crippen molar-refractivity contribution in [2.45, 2.75) is 0 Å². The van der Waals surface area contributed by atoms with Crippen molar-refractivity contribution in [2.75, 3.05) is 7.11 Å². The highest BCUT2D eigenvalue weighted by Gasteiger charge is 2.17. The van der Waals surface area contributed by atoms with E-state index in [0.717, 1.165) is 3.57 Å². The molecule has 0 saturated heterocycles. The highest BCUT2D eigenvalue weighted by molar-refractivity contribution is 14.1. The maximum atomic E-state index is 12.4. The Hall–Kier alpha value is -0.490. The number of ether oxygens (including phenoxy) is 1. The molecule has 0 bridgehead atoms. The molecular formula is C14H8Cl3IO2. The second-order valence-corrected chi connectivity index (χ2v) is 6.31. The minimum atomic E-state index is -0.238. The molecule has 6 heteroatoms. The highest BCUT2D eigenvalue weighted by Crippen LogP contribution is 2.32. The molecule has 0 heterocycles. The largest absolute Gasteiger partial charge is 0.495 e. The van der Waals surface area contributed by atoms with Crippen molar-refractivity contribution in [3.05, 3.63) is 60.1 Å². The molecule has 104 valence electrons. The average Bonchev–Trinajstić information content (AvgIpc) is 2.43. The molecule has 2 nitrogen and oxygen atoms in total. The van der Waals surface area contributed by atoms with E-state index in [-0.39, 0.29) is 10.8 Å². The van der Waals surface area contributed by atoms with Crippen molar-refractivity contribution in [3.63, 3.8) is 0 Å². The van der Waals surface area contributed by atoms with Gasteiger partial charge in [-0.15, -0.1) is 0 Å². The molecule has 0 aromatic heterocycles. The number of benzene rings is 2. The third-order valence-electron chi connectivity index (χ3n) is 2.67. The number of carbonyl (C=O) groups is 1. The number of carbonyl (C=O) groups excluding carboxylic acids is 1. The lowest BCUT2D eigenvalue weighted by Crippen LogP contribution is -2.03. The molecule has 0 aliphatic heterocycles. The van der Waals surface area contributed by atoms with Gasteiger partial charge < -0.3 is 4.74 Å². The van der Waals surface area contributed by atoms with Crippen LogP contribution in [-0.2, 0) is 0 Å². The predicted molar refractivity (Wildman–Crippen MR) is 90.6 cm³/mol. The normalized spacial score (nSPS) is 10.4. The van der Waals surface area contributed by atoms with Crippen LogP contribution < -0.4 is 4.74 Å². The Morgan fingerprint density at radius 2 is 1.75 bits per heavy atom. The fourth-order valence-corrected chi connectivity index (χ4v) is 2.65. The van der Waals surface area contributed by atoms with Gasteiger partial charge in [0.05, 0.1) is 22.2 Å². The topological polar surface area (TPSA) is 26.3 Å². The van der Waals surface area contributed by atoms with Gasteiger partial charge in [-0.05, 0) is 46.9 Å². The van der Waals surface area contributed by atoms with E-state index in [1.807, 2.05) is 0 Å². The second kappa shape index (κ2) is 6.52. The van der Waals surface area contributed by atoms with Crippen LogP contribution in [0.15, 0.2) is 30.3 Å². The predicted octanol–water partition coefficient (Wildman–Crippen LogP) is 5.49. The minimum Gasteiger partial charge on any atom is -0.495 e. The molecule has 2 aromatic carbocycles. The number of halogens is 4. The van der Waals surface area contributed by atoms with Crippen molar-refractivity contribution in [2.24, 2.45) is 0 Å². The third-order valence-corrected chi connectivity index (χ3v) is 4.85. The zero-order chi connectivity index (χ0) is 14.9. The minimum absolute atomic E-state index is 0.238. The molecule has 0 saturated carbocycles. The SMILES string of the molecule is COc1cc(Cl)c(C(=O)c2ccc(I)c(Cl)c2)cc1Cl. The van der Waals surface area contributed by atoms with Gasteiger partial charge in [-0.1, -0.05) is 34.8 Å². The Bertz CT molecular complexity index is 686. The van der Waals surface area contributed by atoms with Crippen LogP contribution in [0, 0.1) is 3.57 Å². The van der Waals surface area contributed by atoms with Gasteiger partial charge in [-0.3, -0.25) is 4.79 Å². The summed E-state index contributed by atoms with van der Waals surface area (Å²) in [6.07, 6.45) is 0. The Morgan fingerprint density at radius 3 is 2.35 bits per heavy atom. The van der Waals surface area contributed by atoms with Crippen LogP contribution in [0.3, 0.4) is 0 Å². The highest BCUT2D eigenvalue weighted by atomic mass is 127. The number of hydrogen-bond acceptors (Lipinski definition) is 2. The van der Waals surface area contributed by atoms with Crippen molar-refractivity contribution in [1.29, 1.82) is 0 Å². The fourth-order valence-electron chi connectivity index (χ4n) is 1.65. The molecule has 0 fully saturated rings. The molecule has 0 aliphatic rings. The molecule has 0 atom stereocenters. The van der Waals surface area contributed by atoms with Crippen LogP contribution >= 0.6 is 57.4 Å². The smallest absolute Gasteiger partial charge is 0.194 e. The summed E-state index contributed by atoms with van der Waals surface area (Å²) in [7, 11) is 1.48. The van der Waals surface area contributed by atoms with Crippen molar-refractivity contribution >= 4 is 63.2 Å². The molecule has 2 rings (SSSR count). The van der Waals surface area contributed by atoms with E-state index in [1.165, 1.54) is 19.2 Å². The van der Waals surface area contributed by atoms with Gasteiger partial charge in [0, 0.05) is 20.8 Å². The fraction of sp³-hybridized carbons (Fsp3) is 0.0714. The summed E-state index contributed by atoms with van der Waals surface area (Å²) in [4.78, 5) is 12.4. The molecule has 0 aliphatic carbocycles. The average molecular weight is 441 g/mol. The van der Waals surface area contributed by atoms with Crippen LogP contribution in [0.4, 0.5) is 0 Å². The van der Waals surface area contributed by atoms with Crippen molar-refractivity contribution in [1.82, 2.24) is 0 Å². The van der Waals surface area contributed by atoms with E-state index in [0.29, 0.717) is 26.9 Å². The summed E-state index contributed by atoms with van der Waals surface area (Å²) >= 11 is 20.2. The van der Waals surface area contributed by atoms with Crippen LogP contribution in [0.2, 0.25) is 15.1 Å². The van der Waals surface area contributed by atoms with E-state index in [2.05, 4.69) is 22.6 Å². The van der Waals surface area contributed by atoms with Gasteiger partial charge in [0.25, 0.3) is 0 Å². The Balaban J connectivity index is 2.48. The number of ketones is 1. The van der Waals surface area contributed by atoms with E-state index in [4.69, 9.17) is 39.5 Å². The lowest BCUT2D eigenvalue weighted by Gasteiger charge is -2.09. The van der Waals surface area contributed by atoms with E-state index < -0.39 is 0 Å². The van der Waals surface area contributed by atoms with Gasteiger partial charge in [0.1, 0.15) is 5.75 Å². The molecular weight excluding hydrogens is 433 g/mol. The molecule has 0 spiro atoms. The summed E-state index contributed by atoms with van der Waals surface area (Å²) in [5.41, 5.74) is 0.772. The maximum absolute atomic E-state index is 12.4. The zero-order valence-corrected chi connectivity index (χ0v) is 14.6. The van der Waals surface area contributed by atoms with Crippen LogP contribution in [0.25, 0.3) is 0 Å². The van der Waals surface area contributed by atoms with Crippen LogP contribution in [0.5, 0.6) is 5.75 Å². The monoisotopic (exact) mass is 440 g/mol. The lowest BCUT2D eigenvalue weighted by molar-refractivity contribution is 0.103. The summed E-state index contributed by atoms with van der Waals surface area (Å²) in [6, 6.07) is 8.10. The van der Waals surface area contributed by atoms with Crippen molar-refractivity contribution in [3.8, 4) is 5.75 Å². The Kier molecular flexibility index (Phi) is 5.18. The van der Waals surface area contributed by atoms with E-state index >= 15 is 0 Å². The standard InChI is InChI=1S/C14H8Cl3IO2/c1-20-13-6-9(15)8(5-11(13)17)14(19)7-2-3-12(18)10(16)4-7/h2-6H,1H3. The summed E-state index contributed by atoms with van der Waals surface area (Å²) in [5.74, 6) is 0.187. The lowest BCUT2D eigenvalue weighted by atomic mass is 10.0. The van der Waals surface area contributed by atoms with Crippen LogP contribution in [0.1, 0.15) is 15.9 Å². The van der Waals surface area contributed by atoms with Gasteiger partial charge >= 0.3 is 0 Å². The quantitative estimate of drug-likeness (QED) is 0.465. The first kappa shape index (κ1) is 15.9. The van der Waals surface area contributed by atoms with Crippen molar-refractivity contribution < 1.29 is 9.53 Å². The molecule has 20 heavy (non-hydrogen) atoms. The van der Waals surface area contributed by atoms with Gasteiger partial charge in [0.15, 0.2) is 5.78 Å². The van der Waals surface area contributed by atoms with E-state index in [9.17, 15) is 4.79 Å². The zero-order valence-electron chi connectivity index (χ0n) is 10.2. The maximum Gasteiger partial charge on any atom is 0.194 e. The van der Waals surface area contributed by atoms with E-state index in [1.54, 1.807) is 18.2 Å². The second-order valence-electron chi connectivity index (χ2n) is 3.92. The Labute approximate surface area is 145 Å². The third kappa shape index (κ3) is 3.22. The van der Waals surface area contributed by atoms with Gasteiger partial charge in [-0.2, -0.15) is 0 Å². The molecule has 0 N–H and O–H groups in total. The summed E-state index contributed by atoms with van der Waals surface area (Å²) in [5, 5.41) is 1.13. The summed E-state index contributed by atoms with van der Waals surface area (Å²) in [6.45, 7) is 0. The first-order valence-electron chi connectivity index (χ1n) is 5.47. The molecule has 0 radical (unpaired) electrons. The first-order chi connectivity index (χ1) is 9.43. The molecule has 2 aromatic rings. The Morgan fingerprint density at radius 1 is 1.05 bits per heavy atom. The van der Waals surface area contributed by atoms with Gasteiger partial charge in [0.2, 0.25) is 0 Å². The summed E-state index contributed by atoms with van der Waals surface area (Å²) < 4.78 is 5.93. The number of rotatable bonds is 3. The molecule has 0 amide bonds. The number of hydrogen-bond donors (Lipinski definition) is 0. The van der Waals surface area contributed by atoms with Gasteiger partial charge in [-0.25, -0.2) is 0 Å². The molecule has 0 unspecified atom stereocenters. The number of methoxy groups -OCH3 is 1. The first-order valence-corrected chi connectivity index (χ1v) is 7.68. The van der Waals surface area contributed by atoms with Crippen LogP contribution in [-0.4, -0.2) is 12.9 Å².